The Kier molecular flexibility index (Phi) is 4.11. The zero-order valence-electron chi connectivity index (χ0n) is 9.44. The Balaban J connectivity index is 1.87. The van der Waals surface area contributed by atoms with Gasteiger partial charge in [-0.05, 0) is 38.8 Å². The van der Waals surface area contributed by atoms with Crippen LogP contribution in [0.25, 0.3) is 0 Å². The highest BCUT2D eigenvalue weighted by Crippen LogP contribution is 2.22. The van der Waals surface area contributed by atoms with Crippen molar-refractivity contribution in [3.05, 3.63) is 0 Å². The summed E-state index contributed by atoms with van der Waals surface area (Å²) in [5.41, 5.74) is 0. The summed E-state index contributed by atoms with van der Waals surface area (Å²) < 4.78 is 24.7. The van der Waals surface area contributed by atoms with Gasteiger partial charge in [0.05, 0.1) is 0 Å². The van der Waals surface area contributed by atoms with E-state index in [0.29, 0.717) is 19.1 Å². The topological polar surface area (TPSA) is 40.6 Å². The molecule has 16 heavy (non-hydrogen) atoms. The van der Waals surface area contributed by atoms with Crippen molar-refractivity contribution in [2.24, 2.45) is 0 Å². The molecule has 0 unspecified atom stereocenters. The number of alkyl halides is 1. The van der Waals surface area contributed by atoms with E-state index in [1.54, 1.807) is 0 Å². The second-order valence-corrected chi connectivity index (χ2v) is 7.15. The van der Waals surface area contributed by atoms with E-state index >= 15 is 0 Å². The fourth-order valence-corrected chi connectivity index (χ4v) is 3.98. The molecule has 0 aromatic rings. The molecule has 2 rings (SSSR count). The number of piperidine rings is 1. The van der Waals surface area contributed by atoms with Crippen LogP contribution in [-0.2, 0) is 10.0 Å². The van der Waals surface area contributed by atoms with E-state index in [2.05, 4.69) is 4.90 Å². The molecule has 6 heteroatoms. The highest BCUT2D eigenvalue weighted by atomic mass is 35.5. The van der Waals surface area contributed by atoms with Crippen LogP contribution in [0.15, 0.2) is 0 Å². The van der Waals surface area contributed by atoms with Gasteiger partial charge >= 0.3 is 0 Å². The number of sulfonamides is 1. The second-order valence-electron chi connectivity index (χ2n) is 4.59. The molecule has 2 heterocycles. The highest BCUT2D eigenvalue weighted by Gasteiger charge is 2.30. The van der Waals surface area contributed by atoms with Gasteiger partial charge in [-0.1, -0.05) is 0 Å². The lowest BCUT2D eigenvalue weighted by Gasteiger charge is -2.35. The molecule has 0 N–H and O–H groups in total. The van der Waals surface area contributed by atoms with Crippen molar-refractivity contribution in [2.45, 2.75) is 31.7 Å². The van der Waals surface area contributed by atoms with Gasteiger partial charge < -0.3 is 4.90 Å². The van der Waals surface area contributed by atoms with Crippen molar-refractivity contribution in [3.63, 3.8) is 0 Å². The van der Waals surface area contributed by atoms with Gasteiger partial charge in [-0.15, -0.1) is 11.6 Å². The first-order valence-electron chi connectivity index (χ1n) is 5.91. The highest BCUT2D eigenvalue weighted by molar-refractivity contribution is 7.90. The van der Waals surface area contributed by atoms with E-state index in [0.717, 1.165) is 12.8 Å². The summed E-state index contributed by atoms with van der Waals surface area (Å²) in [5, 5.41) is -0.290. The number of nitrogens with zero attached hydrogens (tertiary/aromatic N) is 2. The van der Waals surface area contributed by atoms with Crippen molar-refractivity contribution in [3.8, 4) is 0 Å². The fourth-order valence-electron chi connectivity index (χ4n) is 2.66. The lowest BCUT2D eigenvalue weighted by atomic mass is 10.1. The molecule has 2 saturated heterocycles. The number of rotatable bonds is 3. The minimum Gasteiger partial charge on any atom is -0.300 e. The minimum atomic E-state index is -3.19. The Morgan fingerprint density at radius 1 is 1.06 bits per heavy atom. The molecule has 0 saturated carbocycles. The van der Waals surface area contributed by atoms with Crippen LogP contribution < -0.4 is 0 Å². The van der Waals surface area contributed by atoms with Gasteiger partial charge in [0.1, 0.15) is 5.21 Å². The first-order valence-corrected chi connectivity index (χ1v) is 8.06. The Hall–Kier alpha value is 0.160. The zero-order chi connectivity index (χ0) is 11.6. The van der Waals surface area contributed by atoms with Gasteiger partial charge in [-0.3, -0.25) is 0 Å². The second kappa shape index (κ2) is 5.21. The number of hydrogen-bond acceptors (Lipinski definition) is 3. The zero-order valence-corrected chi connectivity index (χ0v) is 11.0. The van der Waals surface area contributed by atoms with Gasteiger partial charge in [0, 0.05) is 19.1 Å². The molecular formula is C10H19ClN2O2S. The Morgan fingerprint density at radius 2 is 1.62 bits per heavy atom. The molecule has 4 nitrogen and oxygen atoms in total. The van der Waals surface area contributed by atoms with E-state index < -0.39 is 10.0 Å². The summed E-state index contributed by atoms with van der Waals surface area (Å²) in [4.78, 5) is 2.50. The molecule has 2 fully saturated rings. The first kappa shape index (κ1) is 12.6. The standard InChI is InChI=1S/C10H19ClN2O2S/c11-9-16(14,15)13-7-3-10(4-8-13)12-5-1-2-6-12/h10H,1-9H2. The Labute approximate surface area is 103 Å². The van der Waals surface area contributed by atoms with Crippen LogP contribution in [-0.4, -0.2) is 55.1 Å². The Morgan fingerprint density at radius 3 is 2.12 bits per heavy atom. The van der Waals surface area contributed by atoms with Crippen molar-refractivity contribution in [1.82, 2.24) is 9.21 Å². The lowest BCUT2D eigenvalue weighted by Crippen LogP contribution is -2.46. The molecule has 2 aliphatic rings. The maximum absolute atomic E-state index is 11.6. The van der Waals surface area contributed by atoms with E-state index in [1.807, 2.05) is 0 Å². The number of hydrogen-bond donors (Lipinski definition) is 0. The maximum atomic E-state index is 11.6. The summed E-state index contributed by atoms with van der Waals surface area (Å²) >= 11 is 5.45. The van der Waals surface area contributed by atoms with Crippen LogP contribution in [0.5, 0.6) is 0 Å². The maximum Gasteiger partial charge on any atom is 0.228 e. The molecule has 0 radical (unpaired) electrons. The summed E-state index contributed by atoms with van der Waals surface area (Å²) in [6, 6.07) is 0.587. The molecule has 0 atom stereocenters. The van der Waals surface area contributed by atoms with Crippen LogP contribution in [0.2, 0.25) is 0 Å². The normalized spacial score (nSPS) is 26.3. The quantitative estimate of drug-likeness (QED) is 0.718. The molecule has 0 aromatic heterocycles. The predicted molar refractivity (Wildman–Crippen MR) is 65.0 cm³/mol. The smallest absolute Gasteiger partial charge is 0.228 e. The molecule has 2 aliphatic heterocycles. The molecule has 0 aliphatic carbocycles. The SMILES string of the molecule is O=S(=O)(CCl)N1CCC(N2CCCC2)CC1. The average Bonchev–Trinajstić information content (AvgIpc) is 2.83. The summed E-state index contributed by atoms with van der Waals surface area (Å²) in [5.74, 6) is 0. The third kappa shape index (κ3) is 2.70. The van der Waals surface area contributed by atoms with Crippen LogP contribution in [0.4, 0.5) is 0 Å². The largest absolute Gasteiger partial charge is 0.300 e. The fraction of sp³-hybridized carbons (Fsp3) is 1.00. The molecule has 0 aromatic carbocycles. The third-order valence-corrected chi connectivity index (χ3v) is 5.87. The molecule has 0 bridgehead atoms. The Bertz CT molecular complexity index is 320. The van der Waals surface area contributed by atoms with Crippen LogP contribution in [0.1, 0.15) is 25.7 Å². The van der Waals surface area contributed by atoms with Crippen molar-refractivity contribution in [1.29, 1.82) is 0 Å². The minimum absolute atomic E-state index is 0.290. The predicted octanol–water partition coefficient (Wildman–Crippen LogP) is 1.07. The van der Waals surface area contributed by atoms with Crippen molar-refractivity contribution < 1.29 is 8.42 Å². The van der Waals surface area contributed by atoms with Crippen LogP contribution in [0, 0.1) is 0 Å². The van der Waals surface area contributed by atoms with Gasteiger partial charge in [0.15, 0.2) is 0 Å². The van der Waals surface area contributed by atoms with Crippen molar-refractivity contribution >= 4 is 21.6 Å². The third-order valence-electron chi connectivity index (χ3n) is 3.61. The summed E-state index contributed by atoms with van der Waals surface area (Å²) in [6.07, 6.45) is 4.49. The lowest BCUT2D eigenvalue weighted by molar-refractivity contribution is 0.168. The summed E-state index contributed by atoms with van der Waals surface area (Å²) in [6.45, 7) is 3.65. The van der Waals surface area contributed by atoms with Gasteiger partial charge in [0.2, 0.25) is 10.0 Å². The van der Waals surface area contributed by atoms with E-state index in [9.17, 15) is 8.42 Å². The van der Waals surface area contributed by atoms with E-state index in [4.69, 9.17) is 11.6 Å². The van der Waals surface area contributed by atoms with Gasteiger partial charge in [0.25, 0.3) is 0 Å². The molecule has 0 spiro atoms. The van der Waals surface area contributed by atoms with Crippen LogP contribution in [0.3, 0.4) is 0 Å². The number of halogens is 1. The van der Waals surface area contributed by atoms with E-state index in [-0.39, 0.29) is 5.21 Å². The molecule has 0 amide bonds. The summed E-state index contributed by atoms with van der Waals surface area (Å²) in [7, 11) is -3.19. The van der Waals surface area contributed by atoms with Gasteiger partial charge in [-0.25, -0.2) is 12.7 Å². The number of likely N-dealkylation sites (tertiary alicyclic amines) is 1. The molecule has 94 valence electrons. The van der Waals surface area contributed by atoms with Crippen LogP contribution >= 0.6 is 11.6 Å². The van der Waals surface area contributed by atoms with Crippen molar-refractivity contribution in [2.75, 3.05) is 31.4 Å². The molecular weight excluding hydrogens is 248 g/mol. The van der Waals surface area contributed by atoms with E-state index in [1.165, 1.54) is 30.2 Å². The first-order chi connectivity index (χ1) is 7.63. The van der Waals surface area contributed by atoms with Gasteiger partial charge in [-0.2, -0.15) is 0 Å². The average molecular weight is 267 g/mol. The monoisotopic (exact) mass is 266 g/mol.